The number of para-hydroxylation sites is 1. The molecule has 2 aromatic carbocycles. The van der Waals surface area contributed by atoms with Crippen LogP contribution in [0.25, 0.3) is 22.6 Å². The van der Waals surface area contributed by atoms with Gasteiger partial charge in [0.15, 0.2) is 17.3 Å². The summed E-state index contributed by atoms with van der Waals surface area (Å²) in [4.78, 5) is 19.1. The van der Waals surface area contributed by atoms with Gasteiger partial charge in [0.05, 0.1) is 23.1 Å². The molecule has 1 N–H and O–H groups in total. The summed E-state index contributed by atoms with van der Waals surface area (Å²) in [7, 11) is 0. The standard InChI is InChI=1S/C20H15F2N3O3/c1-2-27-17-10-12(7-8-16(17)28-20(21)22)9-13(11-23)18-24-15-6-4-3-5-14(15)19(26)25-18/h3-10,20H,2H2,1H3,(H,24,25,26)/b13-9+. The number of aromatic amines is 1. The van der Waals surface area contributed by atoms with Crippen molar-refractivity contribution in [3.63, 3.8) is 0 Å². The Morgan fingerprint density at radius 1 is 1.29 bits per heavy atom. The molecule has 8 heteroatoms. The van der Waals surface area contributed by atoms with E-state index in [0.717, 1.165) is 0 Å². The normalized spacial score (nSPS) is 11.5. The first-order valence-electron chi connectivity index (χ1n) is 8.34. The second-order valence-corrected chi connectivity index (χ2v) is 5.62. The predicted molar refractivity (Wildman–Crippen MR) is 100 cm³/mol. The molecule has 142 valence electrons. The Morgan fingerprint density at radius 3 is 2.79 bits per heavy atom. The zero-order valence-electron chi connectivity index (χ0n) is 14.8. The minimum absolute atomic E-state index is 0.104. The van der Waals surface area contributed by atoms with Gasteiger partial charge in [0.25, 0.3) is 5.56 Å². The molecule has 3 aromatic rings. The predicted octanol–water partition coefficient (Wildman–Crippen LogP) is 3.99. The van der Waals surface area contributed by atoms with Crippen LogP contribution in [0.15, 0.2) is 47.3 Å². The molecule has 0 saturated carbocycles. The van der Waals surface area contributed by atoms with Crippen LogP contribution in [0.3, 0.4) is 0 Å². The molecular formula is C20H15F2N3O3. The van der Waals surface area contributed by atoms with Gasteiger partial charge in [-0.25, -0.2) is 4.98 Å². The monoisotopic (exact) mass is 383 g/mol. The van der Waals surface area contributed by atoms with Crippen molar-refractivity contribution < 1.29 is 18.3 Å². The van der Waals surface area contributed by atoms with Crippen LogP contribution in [0, 0.1) is 11.3 Å². The third kappa shape index (κ3) is 4.15. The third-order valence-corrected chi connectivity index (χ3v) is 3.78. The Bertz CT molecular complexity index is 1130. The van der Waals surface area contributed by atoms with E-state index in [2.05, 4.69) is 14.7 Å². The van der Waals surface area contributed by atoms with Crippen molar-refractivity contribution in [2.75, 3.05) is 6.61 Å². The van der Waals surface area contributed by atoms with E-state index in [-0.39, 0.29) is 35.1 Å². The van der Waals surface area contributed by atoms with Gasteiger partial charge in [0.2, 0.25) is 0 Å². The summed E-state index contributed by atoms with van der Waals surface area (Å²) in [6.07, 6.45) is 1.47. The van der Waals surface area contributed by atoms with E-state index in [0.29, 0.717) is 16.5 Å². The van der Waals surface area contributed by atoms with Gasteiger partial charge in [-0.15, -0.1) is 0 Å². The van der Waals surface area contributed by atoms with Crippen LogP contribution in [-0.4, -0.2) is 23.2 Å². The first-order valence-corrected chi connectivity index (χ1v) is 8.34. The number of alkyl halides is 2. The smallest absolute Gasteiger partial charge is 0.387 e. The summed E-state index contributed by atoms with van der Waals surface area (Å²) in [6, 6.07) is 13.1. The number of rotatable bonds is 6. The van der Waals surface area contributed by atoms with E-state index < -0.39 is 6.61 Å². The van der Waals surface area contributed by atoms with Crippen LogP contribution in [-0.2, 0) is 0 Å². The molecule has 28 heavy (non-hydrogen) atoms. The highest BCUT2D eigenvalue weighted by Gasteiger charge is 2.13. The molecule has 0 bridgehead atoms. The van der Waals surface area contributed by atoms with Crippen molar-refractivity contribution in [2.24, 2.45) is 0 Å². The molecule has 0 spiro atoms. The van der Waals surface area contributed by atoms with E-state index in [9.17, 15) is 18.8 Å². The summed E-state index contributed by atoms with van der Waals surface area (Å²) in [5, 5.41) is 9.93. The molecule has 0 saturated heterocycles. The van der Waals surface area contributed by atoms with E-state index in [1.165, 1.54) is 24.3 Å². The molecule has 0 atom stereocenters. The van der Waals surface area contributed by atoms with Crippen molar-refractivity contribution in [1.82, 2.24) is 9.97 Å². The maximum Gasteiger partial charge on any atom is 0.387 e. The Balaban J connectivity index is 2.04. The molecule has 3 rings (SSSR count). The first-order chi connectivity index (χ1) is 13.5. The number of halogens is 2. The van der Waals surface area contributed by atoms with Crippen molar-refractivity contribution in [2.45, 2.75) is 13.5 Å². The minimum Gasteiger partial charge on any atom is -0.490 e. The number of H-pyrrole nitrogens is 1. The van der Waals surface area contributed by atoms with E-state index in [1.807, 2.05) is 6.07 Å². The highest BCUT2D eigenvalue weighted by Crippen LogP contribution is 2.31. The van der Waals surface area contributed by atoms with Gasteiger partial charge in [-0.3, -0.25) is 4.79 Å². The number of hydrogen-bond acceptors (Lipinski definition) is 5. The molecule has 1 heterocycles. The van der Waals surface area contributed by atoms with Gasteiger partial charge >= 0.3 is 6.61 Å². The Hall–Kier alpha value is -3.73. The SMILES string of the molecule is CCOc1cc(/C=C(\C#N)c2nc3ccccc3c(=O)[nH]2)ccc1OC(F)F. The Labute approximate surface area is 158 Å². The third-order valence-electron chi connectivity index (χ3n) is 3.78. The van der Waals surface area contributed by atoms with Crippen LogP contribution in [0.2, 0.25) is 0 Å². The highest BCUT2D eigenvalue weighted by atomic mass is 19.3. The van der Waals surface area contributed by atoms with E-state index >= 15 is 0 Å². The molecule has 0 aliphatic carbocycles. The average Bonchev–Trinajstić information content (AvgIpc) is 2.68. The van der Waals surface area contributed by atoms with Gasteiger partial charge in [-0.05, 0) is 42.8 Å². The molecular weight excluding hydrogens is 368 g/mol. The second-order valence-electron chi connectivity index (χ2n) is 5.62. The zero-order valence-corrected chi connectivity index (χ0v) is 14.8. The van der Waals surface area contributed by atoms with Crippen molar-refractivity contribution in [3.8, 4) is 17.6 Å². The molecule has 0 fully saturated rings. The Morgan fingerprint density at radius 2 is 2.07 bits per heavy atom. The lowest BCUT2D eigenvalue weighted by atomic mass is 10.1. The highest BCUT2D eigenvalue weighted by molar-refractivity contribution is 5.89. The second kappa shape index (κ2) is 8.31. The van der Waals surface area contributed by atoms with Crippen molar-refractivity contribution >= 4 is 22.6 Å². The molecule has 0 unspecified atom stereocenters. The Kier molecular flexibility index (Phi) is 5.65. The first kappa shape index (κ1) is 19.0. The van der Waals surface area contributed by atoms with Crippen LogP contribution >= 0.6 is 0 Å². The number of hydrogen-bond donors (Lipinski definition) is 1. The average molecular weight is 383 g/mol. The maximum atomic E-state index is 12.5. The number of ether oxygens (including phenoxy) is 2. The molecule has 0 aliphatic rings. The van der Waals surface area contributed by atoms with Crippen LogP contribution in [0.4, 0.5) is 8.78 Å². The van der Waals surface area contributed by atoms with E-state index in [4.69, 9.17) is 4.74 Å². The largest absolute Gasteiger partial charge is 0.490 e. The summed E-state index contributed by atoms with van der Waals surface area (Å²) in [5.74, 6) is 0.121. The number of aromatic nitrogens is 2. The summed E-state index contributed by atoms with van der Waals surface area (Å²) in [5.41, 5.74) is 0.695. The topological polar surface area (TPSA) is 88.0 Å². The maximum absolute atomic E-state index is 12.5. The fraction of sp³-hybridized carbons (Fsp3) is 0.150. The number of nitrogens with one attached hydrogen (secondary N) is 1. The number of benzene rings is 2. The van der Waals surface area contributed by atoms with Crippen molar-refractivity contribution in [3.05, 3.63) is 64.2 Å². The van der Waals surface area contributed by atoms with Crippen LogP contribution in [0.1, 0.15) is 18.3 Å². The number of nitriles is 1. The lowest BCUT2D eigenvalue weighted by molar-refractivity contribution is -0.0514. The summed E-state index contributed by atoms with van der Waals surface area (Å²) < 4.78 is 34.8. The number of allylic oxidation sites excluding steroid dienone is 1. The minimum atomic E-state index is -2.98. The summed E-state index contributed by atoms with van der Waals surface area (Å²) >= 11 is 0. The molecule has 0 amide bonds. The van der Waals surface area contributed by atoms with Gasteiger partial charge in [0.1, 0.15) is 6.07 Å². The number of fused-ring (bicyclic) bond motifs is 1. The molecule has 6 nitrogen and oxygen atoms in total. The molecule has 0 radical (unpaired) electrons. The van der Waals surface area contributed by atoms with Crippen molar-refractivity contribution in [1.29, 1.82) is 5.26 Å². The van der Waals surface area contributed by atoms with Crippen LogP contribution in [0.5, 0.6) is 11.5 Å². The lowest BCUT2D eigenvalue weighted by Crippen LogP contribution is -2.11. The van der Waals surface area contributed by atoms with Gasteiger partial charge < -0.3 is 14.5 Å². The lowest BCUT2D eigenvalue weighted by Gasteiger charge is -2.12. The fourth-order valence-corrected chi connectivity index (χ4v) is 2.61. The zero-order chi connectivity index (χ0) is 20.1. The van der Waals surface area contributed by atoms with E-state index in [1.54, 1.807) is 31.2 Å². The van der Waals surface area contributed by atoms with Crippen LogP contribution < -0.4 is 15.0 Å². The van der Waals surface area contributed by atoms with Gasteiger partial charge in [-0.1, -0.05) is 18.2 Å². The quantitative estimate of drug-likeness (QED) is 0.651. The van der Waals surface area contributed by atoms with Gasteiger partial charge in [0, 0.05) is 0 Å². The van der Waals surface area contributed by atoms with Gasteiger partial charge in [-0.2, -0.15) is 14.0 Å². The summed E-state index contributed by atoms with van der Waals surface area (Å²) in [6.45, 7) is -1.03. The number of nitrogens with zero attached hydrogens (tertiary/aromatic N) is 2. The fourth-order valence-electron chi connectivity index (χ4n) is 2.61. The molecule has 0 aliphatic heterocycles. The molecule has 1 aromatic heterocycles.